The summed E-state index contributed by atoms with van der Waals surface area (Å²) in [7, 11) is 0. The molecule has 2 rings (SSSR count). The molecule has 2 N–H and O–H groups in total. The lowest BCUT2D eigenvalue weighted by molar-refractivity contribution is 0.238. The molecule has 1 aliphatic heterocycles. The first-order chi connectivity index (χ1) is 9.08. The van der Waals surface area contributed by atoms with Crippen molar-refractivity contribution in [2.75, 3.05) is 24.5 Å². The number of rotatable bonds is 4. The molecule has 0 atom stereocenters. The van der Waals surface area contributed by atoms with Crippen molar-refractivity contribution in [2.45, 2.75) is 39.5 Å². The Morgan fingerprint density at radius 2 is 2.00 bits per heavy atom. The van der Waals surface area contributed by atoms with E-state index in [0.717, 1.165) is 30.1 Å². The average Bonchev–Trinajstić information content (AvgIpc) is 2.42. The molecule has 0 amide bonds. The molecule has 1 fully saturated rings. The molecule has 0 unspecified atom stereocenters. The maximum Gasteiger partial charge on any atom is 0.0459 e. The number of halogens is 1. The number of piperidine rings is 1. The van der Waals surface area contributed by atoms with Gasteiger partial charge in [0.2, 0.25) is 0 Å². The molecule has 3 heteroatoms. The van der Waals surface area contributed by atoms with Crippen LogP contribution in [0.25, 0.3) is 0 Å². The SMILES string of the molecule is CCC1(C)CCN(c2ccc(CCN)c(Cl)c2)CC1. The lowest BCUT2D eigenvalue weighted by atomic mass is 9.78. The van der Waals surface area contributed by atoms with Crippen LogP contribution in [0.4, 0.5) is 5.69 Å². The molecular weight excluding hydrogens is 256 g/mol. The highest BCUT2D eigenvalue weighted by molar-refractivity contribution is 6.31. The number of nitrogens with zero attached hydrogens (tertiary/aromatic N) is 1. The Morgan fingerprint density at radius 3 is 2.53 bits per heavy atom. The van der Waals surface area contributed by atoms with Crippen LogP contribution in [0.15, 0.2) is 18.2 Å². The normalized spacial score (nSPS) is 18.6. The van der Waals surface area contributed by atoms with Gasteiger partial charge in [-0.3, -0.25) is 0 Å². The third-order valence-corrected chi connectivity index (χ3v) is 4.99. The molecule has 106 valence electrons. The van der Waals surface area contributed by atoms with Crippen molar-refractivity contribution in [3.63, 3.8) is 0 Å². The van der Waals surface area contributed by atoms with Gasteiger partial charge in [-0.15, -0.1) is 0 Å². The summed E-state index contributed by atoms with van der Waals surface area (Å²) in [5.74, 6) is 0. The molecule has 0 aromatic heterocycles. The lowest BCUT2D eigenvalue weighted by Gasteiger charge is -2.40. The summed E-state index contributed by atoms with van der Waals surface area (Å²) in [5.41, 5.74) is 8.52. The highest BCUT2D eigenvalue weighted by Crippen LogP contribution is 2.36. The summed E-state index contributed by atoms with van der Waals surface area (Å²) in [6.45, 7) is 7.63. The highest BCUT2D eigenvalue weighted by atomic mass is 35.5. The van der Waals surface area contributed by atoms with Gasteiger partial charge < -0.3 is 10.6 Å². The van der Waals surface area contributed by atoms with Crippen molar-refractivity contribution in [2.24, 2.45) is 11.1 Å². The molecular formula is C16H25ClN2. The Hall–Kier alpha value is -0.730. The molecule has 1 aromatic carbocycles. The van der Waals surface area contributed by atoms with Crippen LogP contribution in [0.5, 0.6) is 0 Å². The maximum atomic E-state index is 6.33. The molecule has 0 saturated carbocycles. The zero-order valence-corrected chi connectivity index (χ0v) is 12.8. The van der Waals surface area contributed by atoms with Gasteiger partial charge >= 0.3 is 0 Å². The monoisotopic (exact) mass is 280 g/mol. The van der Waals surface area contributed by atoms with Crippen molar-refractivity contribution in [1.82, 2.24) is 0 Å². The zero-order chi connectivity index (χ0) is 13.9. The largest absolute Gasteiger partial charge is 0.371 e. The molecule has 19 heavy (non-hydrogen) atoms. The number of hydrogen-bond acceptors (Lipinski definition) is 2. The summed E-state index contributed by atoms with van der Waals surface area (Å²) in [5, 5.41) is 0.853. The van der Waals surface area contributed by atoms with Gasteiger partial charge in [0.25, 0.3) is 0 Å². The van der Waals surface area contributed by atoms with Gasteiger partial charge in [0, 0.05) is 23.8 Å². The summed E-state index contributed by atoms with van der Waals surface area (Å²) in [6.07, 6.45) is 4.67. The fourth-order valence-electron chi connectivity index (χ4n) is 2.75. The van der Waals surface area contributed by atoms with Gasteiger partial charge in [-0.25, -0.2) is 0 Å². The van der Waals surface area contributed by atoms with Crippen LogP contribution in [-0.4, -0.2) is 19.6 Å². The van der Waals surface area contributed by atoms with Gasteiger partial charge in [-0.05, 0) is 48.9 Å². The molecule has 0 spiro atoms. The second kappa shape index (κ2) is 6.15. The minimum atomic E-state index is 0.528. The first-order valence-electron chi connectivity index (χ1n) is 7.31. The second-order valence-corrected chi connectivity index (χ2v) is 6.37. The lowest BCUT2D eigenvalue weighted by Crippen LogP contribution is -2.38. The Labute approximate surface area is 121 Å². The van der Waals surface area contributed by atoms with E-state index in [4.69, 9.17) is 17.3 Å². The minimum absolute atomic E-state index is 0.528. The third kappa shape index (κ3) is 3.43. The number of anilines is 1. The van der Waals surface area contributed by atoms with Gasteiger partial charge in [0.15, 0.2) is 0 Å². The predicted octanol–water partition coefficient (Wildman–Crippen LogP) is 3.86. The Morgan fingerprint density at radius 1 is 1.32 bits per heavy atom. The van der Waals surface area contributed by atoms with Crippen LogP contribution < -0.4 is 10.6 Å². The van der Waals surface area contributed by atoms with Crippen LogP contribution in [0.3, 0.4) is 0 Å². The minimum Gasteiger partial charge on any atom is -0.371 e. The fraction of sp³-hybridized carbons (Fsp3) is 0.625. The van der Waals surface area contributed by atoms with E-state index in [0.29, 0.717) is 12.0 Å². The smallest absolute Gasteiger partial charge is 0.0459 e. The maximum absolute atomic E-state index is 6.33. The van der Waals surface area contributed by atoms with E-state index in [1.807, 2.05) is 0 Å². The highest BCUT2D eigenvalue weighted by Gasteiger charge is 2.28. The number of hydrogen-bond donors (Lipinski definition) is 1. The van der Waals surface area contributed by atoms with E-state index in [1.165, 1.54) is 24.9 Å². The molecule has 0 radical (unpaired) electrons. The van der Waals surface area contributed by atoms with Gasteiger partial charge in [-0.2, -0.15) is 0 Å². The summed E-state index contributed by atoms with van der Waals surface area (Å²) >= 11 is 6.33. The van der Waals surface area contributed by atoms with Gasteiger partial charge in [-0.1, -0.05) is 37.9 Å². The van der Waals surface area contributed by atoms with Crippen LogP contribution in [0.2, 0.25) is 5.02 Å². The molecule has 0 bridgehead atoms. The molecule has 0 aliphatic carbocycles. The topological polar surface area (TPSA) is 29.3 Å². The van der Waals surface area contributed by atoms with E-state index in [-0.39, 0.29) is 0 Å². The Kier molecular flexibility index (Phi) is 4.75. The third-order valence-electron chi connectivity index (χ3n) is 4.64. The van der Waals surface area contributed by atoms with Crippen molar-refractivity contribution < 1.29 is 0 Å². The van der Waals surface area contributed by atoms with Crippen LogP contribution in [-0.2, 0) is 6.42 Å². The fourth-order valence-corrected chi connectivity index (χ4v) is 3.02. The van der Waals surface area contributed by atoms with E-state index in [9.17, 15) is 0 Å². The van der Waals surface area contributed by atoms with E-state index >= 15 is 0 Å². The molecule has 2 nitrogen and oxygen atoms in total. The summed E-state index contributed by atoms with van der Waals surface area (Å²) < 4.78 is 0. The quantitative estimate of drug-likeness (QED) is 0.907. The number of benzene rings is 1. The summed E-state index contributed by atoms with van der Waals surface area (Å²) in [4.78, 5) is 2.45. The Bertz CT molecular complexity index is 423. The molecule has 1 aliphatic rings. The molecule has 1 aromatic rings. The van der Waals surface area contributed by atoms with E-state index in [2.05, 4.69) is 36.9 Å². The van der Waals surface area contributed by atoms with E-state index in [1.54, 1.807) is 0 Å². The predicted molar refractivity (Wildman–Crippen MR) is 84.1 cm³/mol. The first-order valence-corrected chi connectivity index (χ1v) is 7.69. The van der Waals surface area contributed by atoms with Crippen molar-refractivity contribution >= 4 is 17.3 Å². The van der Waals surface area contributed by atoms with Crippen molar-refractivity contribution in [3.8, 4) is 0 Å². The standard InChI is InChI=1S/C16H25ClN2/c1-3-16(2)7-10-19(11-8-16)14-5-4-13(6-9-18)15(17)12-14/h4-5,12H,3,6-11,18H2,1-2H3. The van der Waals surface area contributed by atoms with Crippen LogP contribution in [0, 0.1) is 5.41 Å². The first kappa shape index (κ1) is 14.7. The van der Waals surface area contributed by atoms with Crippen molar-refractivity contribution in [1.29, 1.82) is 0 Å². The van der Waals surface area contributed by atoms with Gasteiger partial charge in [0.1, 0.15) is 0 Å². The average molecular weight is 281 g/mol. The second-order valence-electron chi connectivity index (χ2n) is 5.97. The van der Waals surface area contributed by atoms with Crippen LogP contribution in [0.1, 0.15) is 38.7 Å². The van der Waals surface area contributed by atoms with E-state index < -0.39 is 0 Å². The molecule has 1 heterocycles. The van der Waals surface area contributed by atoms with Gasteiger partial charge in [0.05, 0.1) is 0 Å². The molecule has 1 saturated heterocycles. The Balaban J connectivity index is 2.06. The zero-order valence-electron chi connectivity index (χ0n) is 12.1. The summed E-state index contributed by atoms with van der Waals surface area (Å²) in [6, 6.07) is 6.41. The van der Waals surface area contributed by atoms with Crippen LogP contribution >= 0.6 is 11.6 Å². The van der Waals surface area contributed by atoms with Crippen molar-refractivity contribution in [3.05, 3.63) is 28.8 Å². The number of nitrogens with two attached hydrogens (primary N) is 1.